The average Bonchev–Trinajstić information content (AvgIpc) is 2.59. The summed E-state index contributed by atoms with van der Waals surface area (Å²) in [7, 11) is 0. The number of rotatable bonds is 4. The summed E-state index contributed by atoms with van der Waals surface area (Å²) in [5.74, 6) is 0.799. The van der Waals surface area contributed by atoms with Crippen LogP contribution >= 0.6 is 23.2 Å². The molecular formula is C18H15Cl2N3O. The van der Waals surface area contributed by atoms with Crippen LogP contribution in [-0.2, 0) is 0 Å². The van der Waals surface area contributed by atoms with Crippen molar-refractivity contribution >= 4 is 29.0 Å². The number of benzene rings is 1. The van der Waals surface area contributed by atoms with Gasteiger partial charge in [0.15, 0.2) is 11.6 Å². The first-order valence-electron chi connectivity index (χ1n) is 7.32. The zero-order valence-electron chi connectivity index (χ0n) is 12.9. The molecule has 0 unspecified atom stereocenters. The molecule has 0 spiro atoms. The summed E-state index contributed by atoms with van der Waals surface area (Å²) in [6.45, 7) is 1.88. The zero-order valence-corrected chi connectivity index (χ0v) is 14.4. The van der Waals surface area contributed by atoms with Crippen molar-refractivity contribution in [3.05, 3.63) is 70.6 Å². The quantitative estimate of drug-likeness (QED) is 0.697. The summed E-state index contributed by atoms with van der Waals surface area (Å²) in [4.78, 5) is 8.32. The predicted molar refractivity (Wildman–Crippen MR) is 97.4 cm³/mol. The molecule has 0 saturated heterocycles. The van der Waals surface area contributed by atoms with Crippen LogP contribution in [-0.4, -0.2) is 9.97 Å². The van der Waals surface area contributed by atoms with Gasteiger partial charge >= 0.3 is 0 Å². The van der Waals surface area contributed by atoms with Crippen LogP contribution in [0.2, 0.25) is 10.0 Å². The van der Waals surface area contributed by atoms with Crippen LogP contribution in [0.4, 0.5) is 5.82 Å². The molecule has 0 aliphatic carbocycles. The van der Waals surface area contributed by atoms with Crippen molar-refractivity contribution in [2.24, 2.45) is 0 Å². The van der Waals surface area contributed by atoms with Crippen molar-refractivity contribution < 1.29 is 4.74 Å². The maximum absolute atomic E-state index is 6.23. The van der Waals surface area contributed by atoms with Crippen molar-refractivity contribution in [1.82, 2.24) is 9.97 Å². The Morgan fingerprint density at radius 3 is 2.67 bits per heavy atom. The lowest BCUT2D eigenvalue weighted by Crippen LogP contribution is -2.06. The molecule has 0 amide bonds. The summed E-state index contributed by atoms with van der Waals surface area (Å²) < 4.78 is 5.98. The maximum Gasteiger partial charge on any atom is 0.166 e. The normalized spacial score (nSPS) is 12.0. The second-order valence-electron chi connectivity index (χ2n) is 5.27. The van der Waals surface area contributed by atoms with Gasteiger partial charge in [-0.3, -0.25) is 4.98 Å². The molecule has 2 aromatic heterocycles. The van der Waals surface area contributed by atoms with Gasteiger partial charge in [-0.25, -0.2) is 4.98 Å². The second kappa shape index (κ2) is 7.07. The van der Waals surface area contributed by atoms with Crippen LogP contribution in [0.1, 0.15) is 18.6 Å². The lowest BCUT2D eigenvalue weighted by Gasteiger charge is -2.18. The van der Waals surface area contributed by atoms with E-state index in [1.807, 2.05) is 25.1 Å². The molecule has 0 bridgehead atoms. The van der Waals surface area contributed by atoms with Gasteiger partial charge in [0, 0.05) is 45.3 Å². The molecular weight excluding hydrogens is 345 g/mol. The number of aromatic nitrogens is 2. The highest BCUT2D eigenvalue weighted by molar-refractivity contribution is 6.33. The Bertz CT molecular complexity index is 856. The van der Waals surface area contributed by atoms with Crippen molar-refractivity contribution in [2.75, 3.05) is 5.73 Å². The summed E-state index contributed by atoms with van der Waals surface area (Å²) in [6.07, 6.45) is 4.84. The lowest BCUT2D eigenvalue weighted by atomic mass is 10.1. The summed E-state index contributed by atoms with van der Waals surface area (Å²) in [5, 5.41) is 1.18. The van der Waals surface area contributed by atoms with Crippen molar-refractivity contribution in [3.63, 3.8) is 0 Å². The van der Waals surface area contributed by atoms with Crippen molar-refractivity contribution in [1.29, 1.82) is 0 Å². The number of nitrogens with zero attached hydrogens (tertiary/aromatic N) is 2. The van der Waals surface area contributed by atoms with E-state index in [4.69, 9.17) is 33.7 Å². The van der Waals surface area contributed by atoms with Gasteiger partial charge in [-0.15, -0.1) is 0 Å². The first-order valence-corrected chi connectivity index (χ1v) is 8.07. The topological polar surface area (TPSA) is 61.0 Å². The van der Waals surface area contributed by atoms with Crippen LogP contribution in [0.5, 0.6) is 5.75 Å². The molecule has 6 heteroatoms. The highest BCUT2D eigenvalue weighted by Gasteiger charge is 2.15. The van der Waals surface area contributed by atoms with Gasteiger partial charge in [0.05, 0.1) is 0 Å². The van der Waals surface area contributed by atoms with Crippen LogP contribution < -0.4 is 10.5 Å². The van der Waals surface area contributed by atoms with Crippen LogP contribution in [0.25, 0.3) is 11.1 Å². The highest BCUT2D eigenvalue weighted by atomic mass is 35.5. The standard InChI is InChI=1S/C18H15Cl2N3O/c1-11(15-8-14(19)4-5-16(15)20)24-17-7-13(10-23-18(17)21)12-3-2-6-22-9-12/h2-11H,1H3,(H2,21,23)/t11-/m1/s1. The number of nitrogens with two attached hydrogens (primary N) is 1. The Kier molecular flexibility index (Phi) is 4.88. The Hall–Kier alpha value is -2.30. The minimum Gasteiger partial charge on any atom is -0.482 e. The summed E-state index contributed by atoms with van der Waals surface area (Å²) in [5.41, 5.74) is 8.54. The van der Waals surface area contributed by atoms with E-state index in [2.05, 4.69) is 9.97 Å². The van der Waals surface area contributed by atoms with Crippen molar-refractivity contribution in [3.8, 4) is 16.9 Å². The first kappa shape index (κ1) is 16.6. The molecule has 1 aromatic carbocycles. The second-order valence-corrected chi connectivity index (χ2v) is 6.12. The van der Waals surface area contributed by atoms with E-state index in [0.29, 0.717) is 21.6 Å². The Balaban J connectivity index is 1.91. The molecule has 2 heterocycles. The molecule has 0 aliphatic rings. The van der Waals surface area contributed by atoms with Crippen LogP contribution in [0.15, 0.2) is 55.0 Å². The number of pyridine rings is 2. The van der Waals surface area contributed by atoms with E-state index in [-0.39, 0.29) is 6.10 Å². The highest BCUT2D eigenvalue weighted by Crippen LogP contribution is 2.33. The van der Waals surface area contributed by atoms with Crippen molar-refractivity contribution in [2.45, 2.75) is 13.0 Å². The number of hydrogen-bond donors (Lipinski definition) is 1. The van der Waals surface area contributed by atoms with Gasteiger partial charge in [0.2, 0.25) is 0 Å². The van der Waals surface area contributed by atoms with Gasteiger partial charge in [-0.2, -0.15) is 0 Å². The molecule has 0 fully saturated rings. The fourth-order valence-electron chi connectivity index (χ4n) is 2.32. The maximum atomic E-state index is 6.23. The fourth-order valence-corrected chi connectivity index (χ4v) is 2.77. The van der Waals surface area contributed by atoms with E-state index in [9.17, 15) is 0 Å². The van der Waals surface area contributed by atoms with E-state index < -0.39 is 0 Å². The summed E-state index contributed by atoms with van der Waals surface area (Å²) >= 11 is 12.3. The van der Waals surface area contributed by atoms with Gasteiger partial charge in [0.1, 0.15) is 6.10 Å². The number of hydrogen-bond acceptors (Lipinski definition) is 4. The monoisotopic (exact) mass is 359 g/mol. The van der Waals surface area contributed by atoms with E-state index >= 15 is 0 Å². The smallest absolute Gasteiger partial charge is 0.166 e. The molecule has 122 valence electrons. The molecule has 0 aliphatic heterocycles. The number of anilines is 1. The Morgan fingerprint density at radius 1 is 1.08 bits per heavy atom. The van der Waals surface area contributed by atoms with Gasteiger partial charge in [0.25, 0.3) is 0 Å². The van der Waals surface area contributed by atoms with Crippen LogP contribution in [0, 0.1) is 0 Å². The Morgan fingerprint density at radius 2 is 1.92 bits per heavy atom. The van der Waals surface area contributed by atoms with Crippen LogP contribution in [0.3, 0.4) is 0 Å². The number of ether oxygens (including phenoxy) is 1. The third-order valence-electron chi connectivity index (χ3n) is 3.58. The minimum atomic E-state index is -0.329. The molecule has 2 N–H and O–H groups in total. The fraction of sp³-hybridized carbons (Fsp3) is 0.111. The van der Waals surface area contributed by atoms with Gasteiger partial charge in [-0.05, 0) is 37.3 Å². The molecule has 24 heavy (non-hydrogen) atoms. The molecule has 3 aromatic rings. The number of nitrogen functional groups attached to an aromatic ring is 1. The summed E-state index contributed by atoms with van der Waals surface area (Å²) in [6, 6.07) is 10.9. The van der Waals surface area contributed by atoms with Gasteiger partial charge in [-0.1, -0.05) is 29.3 Å². The van der Waals surface area contributed by atoms with E-state index in [1.165, 1.54) is 0 Å². The predicted octanol–water partition coefficient (Wildman–Crippen LogP) is 5.17. The lowest BCUT2D eigenvalue weighted by molar-refractivity contribution is 0.228. The van der Waals surface area contributed by atoms with E-state index in [1.54, 1.807) is 36.8 Å². The van der Waals surface area contributed by atoms with E-state index in [0.717, 1.165) is 16.7 Å². The average molecular weight is 360 g/mol. The molecule has 1 atom stereocenters. The molecule has 4 nitrogen and oxygen atoms in total. The van der Waals surface area contributed by atoms with Gasteiger partial charge < -0.3 is 10.5 Å². The molecule has 0 radical (unpaired) electrons. The minimum absolute atomic E-state index is 0.313. The third kappa shape index (κ3) is 3.61. The number of halogens is 2. The molecule has 3 rings (SSSR count). The Labute approximate surface area is 150 Å². The largest absolute Gasteiger partial charge is 0.482 e. The first-order chi connectivity index (χ1) is 11.5. The molecule has 0 saturated carbocycles. The SMILES string of the molecule is C[C@@H](Oc1cc(-c2cccnc2)cnc1N)c1cc(Cl)ccc1Cl. The third-order valence-corrected chi connectivity index (χ3v) is 4.16. The zero-order chi connectivity index (χ0) is 17.1.